The van der Waals surface area contributed by atoms with Crippen LogP contribution in [0.5, 0.6) is 0 Å². The number of aromatic nitrogens is 1. The summed E-state index contributed by atoms with van der Waals surface area (Å²) in [6, 6.07) is 2.11. The third kappa shape index (κ3) is 2.32. The summed E-state index contributed by atoms with van der Waals surface area (Å²) in [6.07, 6.45) is 3.71. The molecule has 0 N–H and O–H groups in total. The average molecular weight is 290 g/mol. The SMILES string of the molecule is CN(C(=O)c1cnc(Cl)c(Br)c1)C1CC1. The molecule has 1 aliphatic carbocycles. The molecule has 0 aromatic carbocycles. The lowest BCUT2D eigenvalue weighted by molar-refractivity contribution is 0.0784. The largest absolute Gasteiger partial charge is 0.339 e. The van der Waals surface area contributed by atoms with E-state index in [1.165, 1.54) is 6.20 Å². The highest BCUT2D eigenvalue weighted by molar-refractivity contribution is 9.10. The molecule has 5 heteroatoms. The molecule has 1 heterocycles. The summed E-state index contributed by atoms with van der Waals surface area (Å²) in [4.78, 5) is 17.6. The number of hydrogen-bond donors (Lipinski definition) is 0. The Balaban J connectivity index is 2.21. The van der Waals surface area contributed by atoms with Crippen molar-refractivity contribution in [1.82, 2.24) is 9.88 Å². The van der Waals surface area contributed by atoms with Crippen LogP contribution >= 0.6 is 27.5 Å². The molecule has 1 amide bonds. The molecule has 0 radical (unpaired) electrons. The highest BCUT2D eigenvalue weighted by atomic mass is 79.9. The van der Waals surface area contributed by atoms with Crippen LogP contribution < -0.4 is 0 Å². The number of carbonyl (C=O) groups is 1. The molecule has 0 unspecified atom stereocenters. The first-order chi connectivity index (χ1) is 7.09. The van der Waals surface area contributed by atoms with Gasteiger partial charge in [-0.15, -0.1) is 0 Å². The Morgan fingerprint density at radius 1 is 1.67 bits per heavy atom. The third-order valence-electron chi connectivity index (χ3n) is 2.46. The minimum Gasteiger partial charge on any atom is -0.339 e. The van der Waals surface area contributed by atoms with E-state index in [2.05, 4.69) is 20.9 Å². The Bertz CT molecular complexity index is 406. The van der Waals surface area contributed by atoms with Crippen LogP contribution in [0.15, 0.2) is 16.7 Å². The van der Waals surface area contributed by atoms with Crippen molar-refractivity contribution in [2.45, 2.75) is 18.9 Å². The van der Waals surface area contributed by atoms with Gasteiger partial charge in [0, 0.05) is 19.3 Å². The van der Waals surface area contributed by atoms with Gasteiger partial charge in [-0.05, 0) is 34.8 Å². The van der Waals surface area contributed by atoms with Crippen molar-refractivity contribution in [3.63, 3.8) is 0 Å². The van der Waals surface area contributed by atoms with Gasteiger partial charge in [0.2, 0.25) is 0 Å². The fraction of sp³-hybridized carbons (Fsp3) is 0.400. The van der Waals surface area contributed by atoms with Crippen LogP contribution in [0.25, 0.3) is 0 Å². The van der Waals surface area contributed by atoms with Gasteiger partial charge in [0.05, 0.1) is 10.0 Å². The molecule has 0 spiro atoms. The monoisotopic (exact) mass is 288 g/mol. The quantitative estimate of drug-likeness (QED) is 0.784. The molecule has 1 saturated carbocycles. The molecule has 1 fully saturated rings. The van der Waals surface area contributed by atoms with Crippen LogP contribution in [0, 0.1) is 0 Å². The molecule has 15 heavy (non-hydrogen) atoms. The maximum absolute atomic E-state index is 11.9. The number of amides is 1. The second-order valence-corrected chi connectivity index (χ2v) is 4.86. The van der Waals surface area contributed by atoms with Crippen molar-refractivity contribution in [2.75, 3.05) is 7.05 Å². The Morgan fingerprint density at radius 3 is 2.87 bits per heavy atom. The Labute approximate surface area is 102 Å². The number of hydrogen-bond acceptors (Lipinski definition) is 2. The topological polar surface area (TPSA) is 33.2 Å². The molecule has 1 aromatic heterocycles. The molecular formula is C10H10BrClN2O. The molecule has 0 aliphatic heterocycles. The van der Waals surface area contributed by atoms with Gasteiger partial charge in [-0.3, -0.25) is 4.79 Å². The predicted octanol–water partition coefficient (Wildman–Crippen LogP) is 2.73. The van der Waals surface area contributed by atoms with E-state index in [-0.39, 0.29) is 5.91 Å². The van der Waals surface area contributed by atoms with Crippen LogP contribution in [0.1, 0.15) is 23.2 Å². The van der Waals surface area contributed by atoms with Gasteiger partial charge in [0.1, 0.15) is 5.15 Å². The van der Waals surface area contributed by atoms with Crippen molar-refractivity contribution in [3.05, 3.63) is 27.5 Å². The van der Waals surface area contributed by atoms with E-state index in [1.807, 2.05) is 7.05 Å². The molecule has 0 saturated heterocycles. The van der Waals surface area contributed by atoms with Crippen LogP contribution in [-0.4, -0.2) is 28.9 Å². The minimum absolute atomic E-state index is 0.00219. The maximum Gasteiger partial charge on any atom is 0.255 e. The Morgan fingerprint density at radius 2 is 2.33 bits per heavy atom. The summed E-state index contributed by atoms with van der Waals surface area (Å²) in [7, 11) is 1.82. The summed E-state index contributed by atoms with van der Waals surface area (Å²) in [5, 5.41) is 0.376. The van der Waals surface area contributed by atoms with Gasteiger partial charge in [-0.1, -0.05) is 11.6 Å². The van der Waals surface area contributed by atoms with Gasteiger partial charge < -0.3 is 4.90 Å². The molecule has 3 nitrogen and oxygen atoms in total. The van der Waals surface area contributed by atoms with Crippen molar-refractivity contribution in [3.8, 4) is 0 Å². The van der Waals surface area contributed by atoms with Gasteiger partial charge in [0.15, 0.2) is 0 Å². The van der Waals surface area contributed by atoms with Crippen LogP contribution in [0.3, 0.4) is 0 Å². The highest BCUT2D eigenvalue weighted by Crippen LogP contribution is 2.27. The van der Waals surface area contributed by atoms with E-state index < -0.39 is 0 Å². The van der Waals surface area contributed by atoms with Crippen LogP contribution in [0.4, 0.5) is 0 Å². The maximum atomic E-state index is 11.9. The zero-order chi connectivity index (χ0) is 11.0. The van der Waals surface area contributed by atoms with Gasteiger partial charge in [-0.2, -0.15) is 0 Å². The molecular weight excluding hydrogens is 279 g/mol. The second kappa shape index (κ2) is 4.10. The zero-order valence-electron chi connectivity index (χ0n) is 8.20. The lowest BCUT2D eigenvalue weighted by atomic mass is 10.2. The van der Waals surface area contributed by atoms with E-state index in [4.69, 9.17) is 11.6 Å². The number of nitrogens with zero attached hydrogens (tertiary/aromatic N) is 2. The van der Waals surface area contributed by atoms with E-state index in [9.17, 15) is 4.79 Å². The molecule has 80 valence electrons. The van der Waals surface area contributed by atoms with Gasteiger partial charge >= 0.3 is 0 Å². The number of halogens is 2. The van der Waals surface area contributed by atoms with E-state index >= 15 is 0 Å². The summed E-state index contributed by atoms with van der Waals surface area (Å²) in [5.41, 5.74) is 0.570. The lowest BCUT2D eigenvalue weighted by Gasteiger charge is -2.16. The molecule has 1 aliphatic rings. The molecule has 2 rings (SSSR count). The Hall–Kier alpha value is -0.610. The predicted molar refractivity (Wildman–Crippen MR) is 62.1 cm³/mol. The first-order valence-corrected chi connectivity index (χ1v) is 5.85. The molecule has 1 aromatic rings. The number of pyridine rings is 1. The van der Waals surface area contributed by atoms with Crippen LogP contribution in [-0.2, 0) is 0 Å². The fourth-order valence-electron chi connectivity index (χ4n) is 1.37. The van der Waals surface area contributed by atoms with Crippen molar-refractivity contribution in [1.29, 1.82) is 0 Å². The zero-order valence-corrected chi connectivity index (χ0v) is 10.5. The van der Waals surface area contributed by atoms with E-state index in [1.54, 1.807) is 11.0 Å². The summed E-state index contributed by atoms with van der Waals surface area (Å²) in [6.45, 7) is 0. The van der Waals surface area contributed by atoms with Gasteiger partial charge in [-0.25, -0.2) is 4.98 Å². The van der Waals surface area contributed by atoms with Crippen molar-refractivity contribution < 1.29 is 4.79 Å². The summed E-state index contributed by atoms with van der Waals surface area (Å²) < 4.78 is 0.652. The summed E-state index contributed by atoms with van der Waals surface area (Å²) >= 11 is 9.01. The lowest BCUT2D eigenvalue weighted by Crippen LogP contribution is -2.28. The second-order valence-electron chi connectivity index (χ2n) is 3.64. The van der Waals surface area contributed by atoms with Gasteiger partial charge in [0.25, 0.3) is 5.91 Å². The first-order valence-electron chi connectivity index (χ1n) is 4.68. The highest BCUT2D eigenvalue weighted by Gasteiger charge is 2.30. The number of rotatable bonds is 2. The Kier molecular flexibility index (Phi) is 2.98. The van der Waals surface area contributed by atoms with Crippen LogP contribution in [0.2, 0.25) is 5.15 Å². The minimum atomic E-state index is 0.00219. The van der Waals surface area contributed by atoms with E-state index in [0.717, 1.165) is 12.8 Å². The smallest absolute Gasteiger partial charge is 0.255 e. The van der Waals surface area contributed by atoms with Crippen molar-refractivity contribution in [2.24, 2.45) is 0 Å². The fourth-order valence-corrected chi connectivity index (χ4v) is 1.82. The average Bonchev–Trinajstić information content (AvgIpc) is 3.03. The van der Waals surface area contributed by atoms with E-state index in [0.29, 0.717) is 21.2 Å². The standard InChI is InChI=1S/C10H10BrClN2O/c1-14(7-2-3-7)10(15)6-4-8(11)9(12)13-5-6/h4-5,7H,2-3H2,1H3. The van der Waals surface area contributed by atoms with Crippen molar-refractivity contribution >= 4 is 33.4 Å². The number of carbonyl (C=O) groups excluding carboxylic acids is 1. The molecule has 0 bridgehead atoms. The normalized spacial score (nSPS) is 15.1. The molecule has 0 atom stereocenters. The first kappa shape index (κ1) is 10.9. The third-order valence-corrected chi connectivity index (χ3v) is 3.59. The summed E-state index contributed by atoms with van der Waals surface area (Å²) in [5.74, 6) is 0.00219.